The molecule has 2 saturated heterocycles. The number of amides is 6. The molecule has 0 bridgehead atoms. The number of primary amides is 1. The van der Waals surface area contributed by atoms with E-state index in [0.717, 1.165) is 24.9 Å². The zero-order chi connectivity index (χ0) is 44.9. The summed E-state index contributed by atoms with van der Waals surface area (Å²) in [4.78, 5) is 75.9. The SMILES string of the molecule is CCC[C@@H]1C[C@@H](C(=O)N[C@H](C(C)C)[C@H]2O[C@H](SC)[C@H](O)[C@@H](O)[C@H]2O)[N+](C)(Cc2ccc(NC(=O)[C@H](CCCNC(N)=O)NC(=O)[C@@H](NC(=O)CCC(=O)O)C(C)C)cc2)C1. The molecule has 1 aromatic carbocycles. The summed E-state index contributed by atoms with van der Waals surface area (Å²) < 4.78 is 6.47. The van der Waals surface area contributed by atoms with Crippen LogP contribution < -0.4 is 32.3 Å². The highest BCUT2D eigenvalue weighted by Crippen LogP contribution is 2.36. The summed E-state index contributed by atoms with van der Waals surface area (Å²) >= 11 is 1.22. The lowest BCUT2D eigenvalue weighted by atomic mass is 9.88. The number of carboxylic acids is 1. The number of anilines is 1. The number of likely N-dealkylation sites (tertiary alicyclic amines) is 1. The van der Waals surface area contributed by atoms with Crippen molar-refractivity contribution in [2.24, 2.45) is 23.5 Å². The Hall–Kier alpha value is -4.01. The molecule has 1 aromatic rings. The minimum atomic E-state index is -1.43. The van der Waals surface area contributed by atoms with Crippen LogP contribution in [0.3, 0.4) is 0 Å². The van der Waals surface area contributed by atoms with Crippen LogP contribution >= 0.6 is 11.8 Å². The van der Waals surface area contributed by atoms with Crippen molar-refractivity contribution in [3.8, 4) is 0 Å². The number of carboxylic acid groups (broad SMARTS) is 1. The van der Waals surface area contributed by atoms with Gasteiger partial charge in [-0.3, -0.25) is 24.0 Å². The van der Waals surface area contributed by atoms with Crippen molar-refractivity contribution in [1.82, 2.24) is 21.3 Å². The molecule has 0 radical (unpaired) electrons. The Morgan fingerprint density at radius 1 is 0.917 bits per heavy atom. The molecule has 2 heterocycles. The third-order valence-corrected chi connectivity index (χ3v) is 12.3. The van der Waals surface area contributed by atoms with Gasteiger partial charge in [0.15, 0.2) is 6.04 Å². The lowest BCUT2D eigenvalue weighted by Crippen LogP contribution is -2.65. The first-order valence-corrected chi connectivity index (χ1v) is 22.1. The van der Waals surface area contributed by atoms with Crippen molar-refractivity contribution in [3.05, 3.63) is 29.8 Å². The summed E-state index contributed by atoms with van der Waals surface area (Å²) in [5.41, 5.74) is 5.77. The number of thioether (sulfide) groups is 1. The first kappa shape index (κ1) is 50.3. The van der Waals surface area contributed by atoms with Crippen LogP contribution in [0.25, 0.3) is 0 Å². The molecule has 11 N–H and O–H groups in total. The topological polar surface area (TPSA) is 279 Å². The molecule has 2 aliphatic rings. The lowest BCUT2D eigenvalue weighted by Gasteiger charge is -2.44. The summed E-state index contributed by atoms with van der Waals surface area (Å²) in [6.07, 6.45) is -1.05. The highest BCUT2D eigenvalue weighted by molar-refractivity contribution is 7.99. The van der Waals surface area contributed by atoms with Gasteiger partial charge < -0.3 is 62.0 Å². The molecule has 6 amide bonds. The van der Waals surface area contributed by atoms with E-state index in [9.17, 15) is 44.1 Å². The van der Waals surface area contributed by atoms with Crippen molar-refractivity contribution in [1.29, 1.82) is 0 Å². The normalized spacial score (nSPS) is 26.8. The maximum Gasteiger partial charge on any atom is 0.312 e. The Kier molecular flexibility index (Phi) is 19.5. The van der Waals surface area contributed by atoms with Gasteiger partial charge in [-0.15, -0.1) is 11.8 Å². The molecule has 338 valence electrons. The number of likely N-dealkylation sites (N-methyl/N-ethyl adjacent to an activating group) is 1. The average molecular weight is 867 g/mol. The molecule has 3 rings (SSSR count). The Morgan fingerprint density at radius 2 is 1.58 bits per heavy atom. The number of ether oxygens (including phenoxy) is 1. The van der Waals surface area contributed by atoms with Crippen molar-refractivity contribution in [2.75, 3.05) is 31.7 Å². The minimum Gasteiger partial charge on any atom is -0.481 e. The molecule has 0 spiro atoms. The number of nitrogens with two attached hydrogens (primary N) is 1. The van der Waals surface area contributed by atoms with E-state index < -0.39 is 90.2 Å². The predicted octanol–water partition coefficient (Wildman–Crippen LogP) is 1.01. The molecule has 19 heteroatoms. The van der Waals surface area contributed by atoms with Crippen LogP contribution in [0.2, 0.25) is 0 Å². The molecular formula is C41H68N7O11S+. The fourth-order valence-corrected chi connectivity index (χ4v) is 8.87. The van der Waals surface area contributed by atoms with Gasteiger partial charge in [-0.1, -0.05) is 53.2 Å². The first-order chi connectivity index (χ1) is 28.2. The number of hydrogen-bond donors (Lipinski definition) is 10. The Bertz CT molecular complexity index is 1620. The van der Waals surface area contributed by atoms with E-state index in [1.807, 2.05) is 26.0 Å². The van der Waals surface area contributed by atoms with Crippen LogP contribution in [0.5, 0.6) is 0 Å². The summed E-state index contributed by atoms with van der Waals surface area (Å²) in [5.74, 6) is -3.38. The summed E-state index contributed by atoms with van der Waals surface area (Å²) in [7, 11) is 2.05. The molecule has 18 nitrogen and oxygen atoms in total. The van der Waals surface area contributed by atoms with E-state index >= 15 is 0 Å². The van der Waals surface area contributed by atoms with E-state index in [4.69, 9.17) is 15.6 Å². The number of carbonyl (C=O) groups excluding carboxylic acids is 5. The molecule has 2 fully saturated rings. The third-order valence-electron chi connectivity index (χ3n) is 11.4. The number of nitrogens with zero attached hydrogens (tertiary/aromatic N) is 1. The average Bonchev–Trinajstić information content (AvgIpc) is 3.51. The van der Waals surface area contributed by atoms with E-state index in [1.54, 1.807) is 32.2 Å². The van der Waals surface area contributed by atoms with Crippen molar-refractivity contribution < 1.29 is 58.4 Å². The number of quaternary nitrogens is 1. The van der Waals surface area contributed by atoms with E-state index in [-0.39, 0.29) is 43.6 Å². The van der Waals surface area contributed by atoms with Crippen LogP contribution in [0.15, 0.2) is 24.3 Å². The minimum absolute atomic E-state index is 0.121. The number of carbonyl (C=O) groups is 6. The zero-order valence-electron chi connectivity index (χ0n) is 35.9. The molecule has 2 aliphatic heterocycles. The van der Waals surface area contributed by atoms with Crippen LogP contribution in [0.4, 0.5) is 10.5 Å². The maximum atomic E-state index is 14.3. The van der Waals surface area contributed by atoms with Crippen molar-refractivity contribution in [3.63, 3.8) is 0 Å². The van der Waals surface area contributed by atoms with Gasteiger partial charge in [-0.2, -0.15) is 0 Å². The van der Waals surface area contributed by atoms with Gasteiger partial charge in [-0.25, -0.2) is 4.79 Å². The van der Waals surface area contributed by atoms with Gasteiger partial charge in [0.05, 0.1) is 26.1 Å². The van der Waals surface area contributed by atoms with Gasteiger partial charge in [0.1, 0.15) is 48.5 Å². The molecule has 0 aliphatic carbocycles. The molecule has 0 aromatic heterocycles. The highest BCUT2D eigenvalue weighted by Gasteiger charge is 2.51. The standard InChI is InChI=1S/C41H67N7O11S/c1-8-10-25-19-28(38(56)47-31(22(2)3)36-34(53)33(52)35(54)40(59-36)60-7)48(6,21-25)20-24-12-14-26(15-13-24)44-37(55)27(11-9-18-43-41(42)58)45-39(57)32(23(4)5)46-29(49)16-17-30(50)51/h12-15,22-23,25,27-28,31-36,40,52-54H,8-11,16-21H2,1-7H3,(H7-,42,43,44,45,46,47,49,50,51,55,56,57,58)/p+1/t25-,27+,28+,31-,32+,33+,34-,35-,36-,40-,48?/m1/s1. The number of hydrogen-bond acceptors (Lipinski definition) is 11. The predicted molar refractivity (Wildman–Crippen MR) is 226 cm³/mol. The van der Waals surface area contributed by atoms with E-state index in [2.05, 4.69) is 40.6 Å². The number of aliphatic hydroxyl groups excluding tert-OH is 3. The molecule has 1 unspecified atom stereocenters. The lowest BCUT2D eigenvalue weighted by molar-refractivity contribution is -0.926. The number of rotatable bonds is 22. The fraction of sp³-hybridized carbons (Fsp3) is 0.707. The first-order valence-electron chi connectivity index (χ1n) is 20.8. The van der Waals surface area contributed by atoms with Crippen LogP contribution in [0.1, 0.15) is 85.1 Å². The van der Waals surface area contributed by atoms with Gasteiger partial charge in [0.2, 0.25) is 17.7 Å². The van der Waals surface area contributed by atoms with Gasteiger partial charge in [-0.05, 0) is 49.5 Å². The highest BCUT2D eigenvalue weighted by atomic mass is 32.2. The van der Waals surface area contributed by atoms with Crippen LogP contribution in [-0.4, -0.2) is 141 Å². The Balaban J connectivity index is 1.77. The largest absolute Gasteiger partial charge is 0.481 e. The quantitative estimate of drug-likeness (QED) is 0.0578. The van der Waals surface area contributed by atoms with Gasteiger partial charge in [0, 0.05) is 36.6 Å². The number of urea groups is 1. The van der Waals surface area contributed by atoms with Crippen molar-refractivity contribution >= 4 is 53.1 Å². The summed E-state index contributed by atoms with van der Waals surface area (Å²) in [6, 6.07) is 3.29. The van der Waals surface area contributed by atoms with Gasteiger partial charge >= 0.3 is 12.0 Å². The zero-order valence-corrected chi connectivity index (χ0v) is 36.7. The monoisotopic (exact) mass is 866 g/mol. The maximum absolute atomic E-state index is 14.3. The second-order valence-corrected chi connectivity index (χ2v) is 18.0. The number of nitrogens with one attached hydrogen (secondary N) is 5. The molecular weight excluding hydrogens is 799 g/mol. The Labute approximate surface area is 357 Å². The van der Waals surface area contributed by atoms with Crippen molar-refractivity contribution in [2.45, 2.75) is 140 Å². The number of aliphatic carboxylic acids is 1. The Morgan fingerprint density at radius 3 is 2.15 bits per heavy atom. The second-order valence-electron chi connectivity index (χ2n) is 17.0. The summed E-state index contributed by atoms with van der Waals surface area (Å²) in [5, 5.41) is 54.7. The fourth-order valence-electron chi connectivity index (χ4n) is 8.19. The number of benzene rings is 1. The smallest absolute Gasteiger partial charge is 0.312 e. The number of aliphatic hydroxyl groups is 3. The summed E-state index contributed by atoms with van der Waals surface area (Å²) in [6.45, 7) is 10.7. The molecule has 0 saturated carbocycles. The molecule has 60 heavy (non-hydrogen) atoms. The van der Waals surface area contributed by atoms with Crippen LogP contribution in [-0.2, 0) is 35.3 Å². The van der Waals surface area contributed by atoms with E-state index in [0.29, 0.717) is 29.1 Å². The van der Waals surface area contributed by atoms with Crippen LogP contribution in [0, 0.1) is 17.8 Å². The third kappa shape index (κ3) is 14.3. The second kappa shape index (κ2) is 23.3. The van der Waals surface area contributed by atoms with E-state index in [1.165, 1.54) is 11.8 Å². The van der Waals surface area contributed by atoms with Gasteiger partial charge in [0.25, 0.3) is 5.91 Å². The molecule has 11 atom stereocenters.